The summed E-state index contributed by atoms with van der Waals surface area (Å²) in [6.07, 6.45) is 5.53. The monoisotopic (exact) mass is 278 g/mol. The van der Waals surface area contributed by atoms with Gasteiger partial charge in [-0.1, -0.05) is 6.92 Å². The molecule has 15 heavy (non-hydrogen) atoms. The molecule has 1 saturated carbocycles. The molecule has 0 spiro atoms. The Hall–Kier alpha value is 0.266. The number of ether oxygens (including phenoxy) is 1. The minimum atomic E-state index is 0. The third-order valence-electron chi connectivity index (χ3n) is 2.63. The van der Waals surface area contributed by atoms with Crippen molar-refractivity contribution in [1.29, 1.82) is 0 Å². The van der Waals surface area contributed by atoms with Crippen LogP contribution in [0, 0.1) is 13.0 Å². The minimum absolute atomic E-state index is 0. The van der Waals surface area contributed by atoms with Gasteiger partial charge in [-0.2, -0.15) is 18.2 Å². The average Bonchev–Trinajstić information content (AvgIpc) is 2.61. The Balaban J connectivity index is 0.000000980. The summed E-state index contributed by atoms with van der Waals surface area (Å²) in [7, 11) is 0. The molecule has 1 nitrogen and oxygen atoms in total. The molecule has 0 heterocycles. The van der Waals surface area contributed by atoms with E-state index < -0.39 is 0 Å². The summed E-state index contributed by atoms with van der Waals surface area (Å²) in [5.74, 6) is 1.01. The smallest absolute Gasteiger partial charge is 1.00 e. The van der Waals surface area contributed by atoms with Crippen LogP contribution < -0.4 is 21.7 Å². The SMILES string of the molecule is Cc1cc[c-]cc1OC1CCCC1.[Br-].[Mg+2]. The van der Waals surface area contributed by atoms with Crippen LogP contribution in [0.1, 0.15) is 31.2 Å². The van der Waals surface area contributed by atoms with Crippen molar-refractivity contribution in [2.24, 2.45) is 0 Å². The fourth-order valence-corrected chi connectivity index (χ4v) is 1.81. The molecule has 0 radical (unpaired) electrons. The van der Waals surface area contributed by atoms with Gasteiger partial charge in [0.25, 0.3) is 0 Å². The van der Waals surface area contributed by atoms with Crippen LogP contribution in [0.4, 0.5) is 0 Å². The molecule has 1 aliphatic rings. The number of hydrogen-bond acceptors (Lipinski definition) is 1. The Morgan fingerprint density at radius 3 is 2.60 bits per heavy atom. The van der Waals surface area contributed by atoms with Gasteiger partial charge >= 0.3 is 23.1 Å². The summed E-state index contributed by atoms with van der Waals surface area (Å²) >= 11 is 0. The van der Waals surface area contributed by atoms with Crippen molar-refractivity contribution in [1.82, 2.24) is 0 Å². The Bertz CT molecular complexity index is 285. The minimum Gasteiger partial charge on any atom is -1.00 e. The topological polar surface area (TPSA) is 9.23 Å². The maximum atomic E-state index is 5.87. The van der Waals surface area contributed by atoms with E-state index in [4.69, 9.17) is 4.74 Å². The van der Waals surface area contributed by atoms with Crippen LogP contribution in [0.2, 0.25) is 0 Å². The fraction of sp³-hybridized carbons (Fsp3) is 0.500. The van der Waals surface area contributed by atoms with Crippen molar-refractivity contribution < 1.29 is 21.7 Å². The molecule has 3 heteroatoms. The third kappa shape index (κ3) is 4.33. The van der Waals surface area contributed by atoms with E-state index in [2.05, 4.69) is 13.0 Å². The Morgan fingerprint density at radius 1 is 1.33 bits per heavy atom. The van der Waals surface area contributed by atoms with Gasteiger partial charge in [0, 0.05) is 5.75 Å². The molecule has 0 bridgehead atoms. The number of hydrogen-bond donors (Lipinski definition) is 0. The first-order valence-electron chi connectivity index (χ1n) is 4.99. The van der Waals surface area contributed by atoms with E-state index >= 15 is 0 Å². The van der Waals surface area contributed by atoms with E-state index in [0.29, 0.717) is 6.10 Å². The predicted octanol–water partition coefficient (Wildman–Crippen LogP) is -0.260. The van der Waals surface area contributed by atoms with Crippen molar-refractivity contribution >= 4 is 23.1 Å². The van der Waals surface area contributed by atoms with Crippen molar-refractivity contribution in [2.75, 3.05) is 0 Å². The van der Waals surface area contributed by atoms with E-state index in [0.717, 1.165) is 5.75 Å². The zero-order valence-electron chi connectivity index (χ0n) is 9.13. The van der Waals surface area contributed by atoms with E-state index in [9.17, 15) is 0 Å². The van der Waals surface area contributed by atoms with Gasteiger partial charge in [-0.25, -0.2) is 0 Å². The summed E-state index contributed by atoms with van der Waals surface area (Å²) in [5, 5.41) is 0. The van der Waals surface area contributed by atoms with Crippen LogP contribution in [0.25, 0.3) is 0 Å². The number of halogens is 1. The van der Waals surface area contributed by atoms with Crippen molar-refractivity contribution in [2.45, 2.75) is 38.7 Å². The van der Waals surface area contributed by atoms with Gasteiger partial charge in [0.15, 0.2) is 0 Å². The second-order valence-corrected chi connectivity index (χ2v) is 3.72. The summed E-state index contributed by atoms with van der Waals surface area (Å²) in [6.45, 7) is 2.08. The van der Waals surface area contributed by atoms with E-state index in [1.165, 1.54) is 31.2 Å². The van der Waals surface area contributed by atoms with Crippen molar-refractivity contribution in [3.05, 3.63) is 29.8 Å². The van der Waals surface area contributed by atoms with Crippen LogP contribution in [0.5, 0.6) is 5.75 Å². The molecule has 1 fully saturated rings. The Morgan fingerprint density at radius 2 is 2.00 bits per heavy atom. The fourth-order valence-electron chi connectivity index (χ4n) is 1.81. The molecule has 0 unspecified atom stereocenters. The van der Waals surface area contributed by atoms with Crippen LogP contribution in [0.15, 0.2) is 18.2 Å². The van der Waals surface area contributed by atoms with E-state index in [1.807, 2.05) is 18.2 Å². The van der Waals surface area contributed by atoms with Gasteiger partial charge in [0.1, 0.15) is 0 Å². The van der Waals surface area contributed by atoms with Gasteiger partial charge in [0.05, 0.1) is 6.10 Å². The molecule has 0 atom stereocenters. The first-order valence-corrected chi connectivity index (χ1v) is 4.99. The normalized spacial score (nSPS) is 15.3. The second kappa shape index (κ2) is 7.53. The summed E-state index contributed by atoms with van der Waals surface area (Å²) in [6, 6.07) is 8.96. The molecule has 1 aromatic rings. The maximum absolute atomic E-state index is 5.87. The molecule has 0 saturated heterocycles. The first kappa shape index (κ1) is 15.3. The molecule has 0 aromatic heterocycles. The summed E-state index contributed by atoms with van der Waals surface area (Å²) < 4.78 is 5.87. The molecule has 0 N–H and O–H groups in total. The number of aryl methyl sites for hydroxylation is 1. The third-order valence-corrected chi connectivity index (χ3v) is 2.63. The molecule has 0 amide bonds. The predicted molar refractivity (Wildman–Crippen MR) is 58.7 cm³/mol. The maximum Gasteiger partial charge on any atom is 2.00 e. The number of benzene rings is 1. The molecule has 1 aromatic carbocycles. The molecular weight excluding hydrogens is 264 g/mol. The zero-order valence-corrected chi connectivity index (χ0v) is 12.1. The standard InChI is InChI=1S/C12H15O.BrH.Mg/c1-10-6-2-5-9-12(10)13-11-7-3-4-8-11;;/h2,6,9,11H,3-4,7-8H2,1H3;1H;/q-1;;+2/p-1. The van der Waals surface area contributed by atoms with Crippen molar-refractivity contribution in [3.8, 4) is 5.75 Å². The van der Waals surface area contributed by atoms with E-state index in [1.54, 1.807) is 0 Å². The van der Waals surface area contributed by atoms with Crippen LogP contribution in [0.3, 0.4) is 0 Å². The molecule has 78 valence electrons. The molecular formula is C12H15BrMgO. The Labute approximate surface area is 119 Å². The van der Waals surface area contributed by atoms with Crippen LogP contribution >= 0.6 is 0 Å². The second-order valence-electron chi connectivity index (χ2n) is 3.72. The molecule has 2 rings (SSSR count). The van der Waals surface area contributed by atoms with Gasteiger partial charge in [-0.3, -0.25) is 0 Å². The van der Waals surface area contributed by atoms with Crippen molar-refractivity contribution in [3.63, 3.8) is 0 Å². The quantitative estimate of drug-likeness (QED) is 0.535. The first-order chi connectivity index (χ1) is 6.36. The van der Waals surface area contributed by atoms with Crippen LogP contribution in [-0.4, -0.2) is 29.2 Å². The summed E-state index contributed by atoms with van der Waals surface area (Å²) in [4.78, 5) is 0. The van der Waals surface area contributed by atoms with Gasteiger partial charge < -0.3 is 21.7 Å². The molecule has 1 aliphatic carbocycles. The van der Waals surface area contributed by atoms with Crippen LogP contribution in [-0.2, 0) is 0 Å². The Kier molecular flexibility index (Phi) is 7.66. The van der Waals surface area contributed by atoms with Gasteiger partial charge in [-0.05, 0) is 25.7 Å². The molecule has 0 aliphatic heterocycles. The van der Waals surface area contributed by atoms with Gasteiger partial charge in [-0.15, -0.1) is 11.6 Å². The summed E-state index contributed by atoms with van der Waals surface area (Å²) in [5.41, 5.74) is 1.21. The zero-order chi connectivity index (χ0) is 9.10. The largest absolute Gasteiger partial charge is 2.00 e. The number of rotatable bonds is 2. The average molecular weight is 279 g/mol. The van der Waals surface area contributed by atoms with Gasteiger partial charge in [0.2, 0.25) is 0 Å². The van der Waals surface area contributed by atoms with E-state index in [-0.39, 0.29) is 40.0 Å².